The van der Waals surface area contributed by atoms with Gasteiger partial charge in [-0.2, -0.15) is 0 Å². The molecule has 0 radical (unpaired) electrons. The molecule has 0 rings (SSSR count). The van der Waals surface area contributed by atoms with Gasteiger partial charge in [-0.3, -0.25) is 0 Å². The van der Waals surface area contributed by atoms with Crippen LogP contribution in [0, 0.1) is 23.7 Å². The van der Waals surface area contributed by atoms with Crippen LogP contribution in [0.5, 0.6) is 0 Å². The fourth-order valence-electron chi connectivity index (χ4n) is 2.56. The van der Waals surface area contributed by atoms with Gasteiger partial charge in [-0.1, -0.05) is 58.3 Å². The lowest BCUT2D eigenvalue weighted by atomic mass is 10.1. The lowest BCUT2D eigenvalue weighted by Crippen LogP contribution is -1.84. The second-order valence-electron chi connectivity index (χ2n) is 6.28. The van der Waals surface area contributed by atoms with E-state index in [1.807, 2.05) is 0 Å². The summed E-state index contributed by atoms with van der Waals surface area (Å²) in [5.74, 6) is 13.0. The SMILES string of the molecule is CCC#CCCCCCCCC#CCCCCCCCCCO. The largest absolute Gasteiger partial charge is 0.396 e. The molecule has 0 saturated heterocycles. The molecule has 1 heteroatoms. The van der Waals surface area contributed by atoms with Crippen molar-refractivity contribution in [1.82, 2.24) is 0 Å². The zero-order valence-corrected chi connectivity index (χ0v) is 15.5. The Bertz CT molecular complexity index is 336. The summed E-state index contributed by atoms with van der Waals surface area (Å²) >= 11 is 0. The summed E-state index contributed by atoms with van der Waals surface area (Å²) in [7, 11) is 0. The molecule has 0 unspecified atom stereocenters. The van der Waals surface area contributed by atoms with E-state index in [-0.39, 0.29) is 0 Å². The second-order valence-corrected chi connectivity index (χ2v) is 6.28. The Morgan fingerprint density at radius 3 is 1.22 bits per heavy atom. The zero-order valence-electron chi connectivity index (χ0n) is 15.5. The topological polar surface area (TPSA) is 20.2 Å². The predicted octanol–water partition coefficient (Wildman–Crippen LogP) is 6.25. The molecule has 0 aromatic heterocycles. The van der Waals surface area contributed by atoms with Crippen molar-refractivity contribution in [3.8, 4) is 23.7 Å². The van der Waals surface area contributed by atoms with E-state index in [9.17, 15) is 0 Å². The maximum Gasteiger partial charge on any atom is 0.0431 e. The first-order valence-electron chi connectivity index (χ1n) is 9.94. The zero-order chi connectivity index (χ0) is 16.8. The molecule has 0 bridgehead atoms. The van der Waals surface area contributed by atoms with Gasteiger partial charge < -0.3 is 5.11 Å². The Kier molecular flexibility index (Phi) is 20.2. The fraction of sp³-hybridized carbons (Fsp3) is 0.818. The van der Waals surface area contributed by atoms with Crippen LogP contribution < -0.4 is 0 Å². The molecule has 0 heterocycles. The lowest BCUT2D eigenvalue weighted by molar-refractivity contribution is 0.282. The van der Waals surface area contributed by atoms with Crippen LogP contribution in [-0.4, -0.2) is 11.7 Å². The van der Waals surface area contributed by atoms with Crippen LogP contribution in [-0.2, 0) is 0 Å². The van der Waals surface area contributed by atoms with Crippen LogP contribution >= 0.6 is 0 Å². The third-order valence-electron chi connectivity index (χ3n) is 3.99. The maximum atomic E-state index is 8.69. The van der Waals surface area contributed by atoms with Gasteiger partial charge in [-0.05, 0) is 25.7 Å². The van der Waals surface area contributed by atoms with Gasteiger partial charge in [0.2, 0.25) is 0 Å². The number of hydrogen-bond acceptors (Lipinski definition) is 1. The van der Waals surface area contributed by atoms with Crippen molar-refractivity contribution in [3.63, 3.8) is 0 Å². The highest BCUT2D eigenvalue weighted by Gasteiger charge is 1.91. The van der Waals surface area contributed by atoms with Crippen molar-refractivity contribution in [2.45, 2.75) is 110 Å². The van der Waals surface area contributed by atoms with E-state index in [0.29, 0.717) is 6.61 Å². The molecule has 0 aromatic rings. The predicted molar refractivity (Wildman–Crippen MR) is 102 cm³/mol. The summed E-state index contributed by atoms with van der Waals surface area (Å²) in [6.07, 6.45) is 19.4. The molecule has 0 saturated carbocycles. The summed E-state index contributed by atoms with van der Waals surface area (Å²) in [5, 5.41) is 8.69. The molecule has 132 valence electrons. The van der Waals surface area contributed by atoms with Gasteiger partial charge in [0.1, 0.15) is 0 Å². The second kappa shape index (κ2) is 21.1. The minimum Gasteiger partial charge on any atom is -0.396 e. The van der Waals surface area contributed by atoms with Crippen LogP contribution in [0.15, 0.2) is 0 Å². The van der Waals surface area contributed by atoms with Gasteiger partial charge in [0.15, 0.2) is 0 Å². The van der Waals surface area contributed by atoms with E-state index in [0.717, 1.165) is 32.1 Å². The number of aliphatic hydroxyl groups is 1. The molecule has 0 atom stereocenters. The van der Waals surface area contributed by atoms with Crippen LogP contribution in [0.4, 0.5) is 0 Å². The van der Waals surface area contributed by atoms with Crippen LogP contribution in [0.25, 0.3) is 0 Å². The van der Waals surface area contributed by atoms with Gasteiger partial charge in [-0.25, -0.2) is 0 Å². The Hall–Kier alpha value is -0.920. The fourth-order valence-corrected chi connectivity index (χ4v) is 2.56. The number of hydrogen-bond donors (Lipinski definition) is 1. The standard InChI is InChI=1S/C22H38O/c1-2-3-4-5-6-7-8-9-10-11-12-13-14-15-16-17-18-19-20-21-22-23/h23H,2,5-11,14-22H2,1H3. The quantitative estimate of drug-likeness (QED) is 0.296. The maximum absolute atomic E-state index is 8.69. The molecule has 1 N–H and O–H groups in total. The smallest absolute Gasteiger partial charge is 0.0431 e. The van der Waals surface area contributed by atoms with Crippen molar-refractivity contribution in [1.29, 1.82) is 0 Å². The minimum atomic E-state index is 0.350. The minimum absolute atomic E-state index is 0.350. The van der Waals surface area contributed by atoms with Crippen LogP contribution in [0.3, 0.4) is 0 Å². The molecule has 0 aromatic carbocycles. The van der Waals surface area contributed by atoms with Crippen molar-refractivity contribution in [3.05, 3.63) is 0 Å². The molecular weight excluding hydrogens is 280 g/mol. The Morgan fingerprint density at radius 2 is 0.826 bits per heavy atom. The lowest BCUT2D eigenvalue weighted by Gasteiger charge is -1.99. The molecule has 0 aliphatic rings. The van der Waals surface area contributed by atoms with Crippen molar-refractivity contribution in [2.24, 2.45) is 0 Å². The summed E-state index contributed by atoms with van der Waals surface area (Å²) in [6.45, 7) is 2.46. The van der Waals surface area contributed by atoms with E-state index in [2.05, 4.69) is 30.6 Å². The van der Waals surface area contributed by atoms with E-state index in [4.69, 9.17) is 5.11 Å². The van der Waals surface area contributed by atoms with Gasteiger partial charge >= 0.3 is 0 Å². The van der Waals surface area contributed by atoms with Gasteiger partial charge in [-0.15, -0.1) is 23.7 Å². The van der Waals surface area contributed by atoms with E-state index < -0.39 is 0 Å². The van der Waals surface area contributed by atoms with Gasteiger partial charge in [0.25, 0.3) is 0 Å². The Balaban J connectivity index is 3.12. The summed E-state index contributed by atoms with van der Waals surface area (Å²) < 4.78 is 0. The summed E-state index contributed by atoms with van der Waals surface area (Å²) in [6, 6.07) is 0. The third-order valence-corrected chi connectivity index (χ3v) is 3.99. The number of aliphatic hydroxyl groups excluding tert-OH is 1. The molecular formula is C22H38O. The highest BCUT2D eigenvalue weighted by atomic mass is 16.2. The molecule has 0 spiro atoms. The van der Waals surface area contributed by atoms with Crippen molar-refractivity contribution < 1.29 is 5.11 Å². The number of rotatable bonds is 14. The first-order valence-corrected chi connectivity index (χ1v) is 9.94. The average molecular weight is 319 g/mol. The highest BCUT2D eigenvalue weighted by molar-refractivity contribution is 4.98. The van der Waals surface area contributed by atoms with Crippen molar-refractivity contribution >= 4 is 0 Å². The molecule has 1 nitrogen and oxygen atoms in total. The van der Waals surface area contributed by atoms with Gasteiger partial charge in [0.05, 0.1) is 0 Å². The normalized spacial score (nSPS) is 9.83. The molecule has 23 heavy (non-hydrogen) atoms. The molecule has 0 amide bonds. The molecule has 0 aliphatic carbocycles. The van der Waals surface area contributed by atoms with Gasteiger partial charge in [0, 0.05) is 32.3 Å². The summed E-state index contributed by atoms with van der Waals surface area (Å²) in [4.78, 5) is 0. The first-order chi connectivity index (χ1) is 11.4. The molecule has 0 fully saturated rings. The van der Waals surface area contributed by atoms with Crippen molar-refractivity contribution in [2.75, 3.05) is 6.61 Å². The Labute approximate surface area is 145 Å². The Morgan fingerprint density at radius 1 is 0.478 bits per heavy atom. The average Bonchev–Trinajstić information content (AvgIpc) is 2.57. The van der Waals surface area contributed by atoms with E-state index in [1.54, 1.807) is 0 Å². The monoisotopic (exact) mass is 318 g/mol. The van der Waals surface area contributed by atoms with Crippen LogP contribution in [0.2, 0.25) is 0 Å². The third kappa shape index (κ3) is 21.1. The van der Waals surface area contributed by atoms with Crippen LogP contribution in [0.1, 0.15) is 110 Å². The number of unbranched alkanes of at least 4 members (excludes halogenated alkanes) is 13. The molecule has 0 aliphatic heterocycles. The highest BCUT2D eigenvalue weighted by Crippen LogP contribution is 2.08. The first kappa shape index (κ1) is 22.1. The van der Waals surface area contributed by atoms with E-state index in [1.165, 1.54) is 70.6 Å². The summed E-state index contributed by atoms with van der Waals surface area (Å²) in [5.41, 5.74) is 0. The van der Waals surface area contributed by atoms with E-state index >= 15 is 0 Å².